The van der Waals surface area contributed by atoms with Crippen LogP contribution >= 0.6 is 12.6 Å². The van der Waals surface area contributed by atoms with Gasteiger partial charge in [0.25, 0.3) is 0 Å². The highest BCUT2D eigenvalue weighted by Crippen LogP contribution is 2.31. The molecule has 1 unspecified atom stereocenters. The summed E-state index contributed by atoms with van der Waals surface area (Å²) in [6, 6.07) is 12.4. The maximum absolute atomic E-state index is 13.2. The molecule has 166 valence electrons. The van der Waals surface area contributed by atoms with Crippen LogP contribution in [0.3, 0.4) is 0 Å². The van der Waals surface area contributed by atoms with Crippen LogP contribution < -0.4 is 10.6 Å². The lowest BCUT2D eigenvalue weighted by Gasteiger charge is -2.32. The van der Waals surface area contributed by atoms with Crippen LogP contribution in [-0.2, 0) is 20.8 Å². The van der Waals surface area contributed by atoms with Crippen molar-refractivity contribution in [1.82, 2.24) is 10.6 Å². The van der Waals surface area contributed by atoms with Gasteiger partial charge < -0.3 is 15.7 Å². The lowest BCUT2D eigenvalue weighted by atomic mass is 9.93. The minimum atomic E-state index is -1.10. The summed E-state index contributed by atoms with van der Waals surface area (Å²) in [5.41, 5.74) is -0.232. The number of carboxylic acid groups (broad SMARTS) is 1. The van der Waals surface area contributed by atoms with E-state index < -0.39 is 28.7 Å². The molecule has 2 amide bonds. The number of carboxylic acids is 1. The molecule has 0 aliphatic heterocycles. The minimum absolute atomic E-state index is 0.0166. The van der Waals surface area contributed by atoms with E-state index in [0.717, 1.165) is 29.2 Å². The lowest BCUT2D eigenvalue weighted by molar-refractivity contribution is -0.143. The predicted octanol–water partition coefficient (Wildman–Crippen LogP) is 3.34. The maximum Gasteiger partial charge on any atom is 0.326 e. The monoisotopic (exact) mass is 442 g/mol. The van der Waals surface area contributed by atoms with Crippen molar-refractivity contribution in [3.05, 3.63) is 48.0 Å². The van der Waals surface area contributed by atoms with Gasteiger partial charge in [0.2, 0.25) is 11.8 Å². The highest BCUT2D eigenvalue weighted by atomic mass is 32.1. The molecule has 1 saturated carbocycles. The van der Waals surface area contributed by atoms with Gasteiger partial charge in [0.1, 0.15) is 11.6 Å². The van der Waals surface area contributed by atoms with Crippen molar-refractivity contribution in [3.63, 3.8) is 0 Å². The van der Waals surface area contributed by atoms with Crippen molar-refractivity contribution in [2.24, 2.45) is 5.92 Å². The molecule has 0 saturated heterocycles. The Morgan fingerprint density at radius 3 is 2.35 bits per heavy atom. The fraction of sp³-hybridized carbons (Fsp3) is 0.458. The summed E-state index contributed by atoms with van der Waals surface area (Å²) in [6.45, 7) is 3.78. The zero-order valence-electron chi connectivity index (χ0n) is 17.9. The minimum Gasteiger partial charge on any atom is -0.480 e. The number of carbonyl (C=O) groups is 3. The van der Waals surface area contributed by atoms with Crippen molar-refractivity contribution >= 4 is 41.2 Å². The Morgan fingerprint density at radius 2 is 1.71 bits per heavy atom. The van der Waals surface area contributed by atoms with Crippen LogP contribution in [0.2, 0.25) is 0 Å². The standard InChI is InChI=1S/C24H30N2O4S/c1-15(2)20(31)21(27)26-24(12-5-6-13-24)23(30)25-19(22(28)29)14-17-10-7-9-16-8-3-4-11-18(16)17/h3-4,7-11,15,19-20,31H,5-6,12-14H2,1-2H3,(H,25,30)(H,26,27)(H,28,29)/t19?,20-/m0/s1. The van der Waals surface area contributed by atoms with Crippen LogP contribution in [0.1, 0.15) is 45.1 Å². The Balaban J connectivity index is 1.80. The van der Waals surface area contributed by atoms with E-state index in [0.29, 0.717) is 12.8 Å². The van der Waals surface area contributed by atoms with Gasteiger partial charge in [-0.2, -0.15) is 12.6 Å². The van der Waals surface area contributed by atoms with E-state index in [1.54, 1.807) is 0 Å². The molecule has 0 spiro atoms. The lowest BCUT2D eigenvalue weighted by Crippen LogP contribution is -2.61. The highest BCUT2D eigenvalue weighted by molar-refractivity contribution is 7.81. The molecule has 0 bridgehead atoms. The average Bonchev–Trinajstić information content (AvgIpc) is 3.22. The summed E-state index contributed by atoms with van der Waals surface area (Å²) in [4.78, 5) is 37.9. The van der Waals surface area contributed by atoms with E-state index in [2.05, 4.69) is 23.3 Å². The van der Waals surface area contributed by atoms with Gasteiger partial charge in [-0.3, -0.25) is 9.59 Å². The smallest absolute Gasteiger partial charge is 0.326 e. The van der Waals surface area contributed by atoms with E-state index in [4.69, 9.17) is 0 Å². The molecule has 3 rings (SSSR count). The molecule has 0 aromatic heterocycles. The van der Waals surface area contributed by atoms with Gasteiger partial charge in [0.05, 0.1) is 5.25 Å². The van der Waals surface area contributed by atoms with Gasteiger partial charge in [-0.1, -0.05) is 69.2 Å². The first-order chi connectivity index (χ1) is 14.7. The predicted molar refractivity (Wildman–Crippen MR) is 124 cm³/mol. The fourth-order valence-electron chi connectivity index (χ4n) is 4.19. The highest BCUT2D eigenvalue weighted by Gasteiger charge is 2.44. The molecule has 1 fully saturated rings. The number of thiol groups is 1. The van der Waals surface area contributed by atoms with Gasteiger partial charge >= 0.3 is 5.97 Å². The molecular weight excluding hydrogens is 412 g/mol. The van der Waals surface area contributed by atoms with Crippen LogP contribution in [-0.4, -0.2) is 39.7 Å². The summed E-state index contributed by atoms with van der Waals surface area (Å²) in [5, 5.41) is 16.9. The third-order valence-corrected chi connectivity index (χ3v) is 6.89. The number of benzene rings is 2. The summed E-state index contributed by atoms with van der Waals surface area (Å²) >= 11 is 4.36. The van der Waals surface area contributed by atoms with Crippen molar-refractivity contribution < 1.29 is 19.5 Å². The normalized spacial score (nSPS) is 17.3. The SMILES string of the molecule is CC(C)[C@H](S)C(=O)NC1(C(=O)NC(Cc2cccc3ccccc23)C(=O)O)CCCC1. The third-order valence-electron chi connectivity index (χ3n) is 6.06. The molecule has 0 heterocycles. The van der Waals surface area contributed by atoms with Crippen LogP contribution in [0.25, 0.3) is 10.8 Å². The molecule has 1 aliphatic rings. The van der Waals surface area contributed by atoms with Gasteiger partial charge in [0.15, 0.2) is 0 Å². The van der Waals surface area contributed by atoms with Crippen LogP contribution in [0, 0.1) is 5.92 Å². The zero-order chi connectivity index (χ0) is 22.6. The number of carbonyl (C=O) groups excluding carboxylic acids is 2. The molecule has 0 radical (unpaired) electrons. The number of aliphatic carboxylic acids is 1. The summed E-state index contributed by atoms with van der Waals surface area (Å²) < 4.78 is 0. The van der Waals surface area contributed by atoms with Crippen molar-refractivity contribution in [1.29, 1.82) is 0 Å². The second-order valence-corrected chi connectivity index (χ2v) is 9.23. The Bertz CT molecular complexity index is 964. The van der Waals surface area contributed by atoms with E-state index in [1.807, 2.05) is 56.3 Å². The van der Waals surface area contributed by atoms with Crippen LogP contribution in [0.15, 0.2) is 42.5 Å². The summed E-state index contributed by atoms with van der Waals surface area (Å²) in [7, 11) is 0. The second-order valence-electron chi connectivity index (χ2n) is 8.67. The molecule has 7 heteroatoms. The summed E-state index contributed by atoms with van der Waals surface area (Å²) in [5.74, 6) is -1.82. The molecule has 6 nitrogen and oxygen atoms in total. The average molecular weight is 443 g/mol. The molecule has 31 heavy (non-hydrogen) atoms. The number of hydrogen-bond donors (Lipinski definition) is 4. The van der Waals surface area contributed by atoms with E-state index in [1.165, 1.54) is 0 Å². The Hall–Kier alpha value is -2.54. The number of hydrogen-bond acceptors (Lipinski definition) is 4. The first kappa shape index (κ1) is 23.1. The van der Waals surface area contributed by atoms with Crippen molar-refractivity contribution in [2.45, 2.75) is 62.8 Å². The Kier molecular flexibility index (Phi) is 7.26. The quantitative estimate of drug-likeness (QED) is 0.472. The number of fused-ring (bicyclic) bond motifs is 1. The fourth-order valence-corrected chi connectivity index (χ4v) is 4.25. The summed E-state index contributed by atoms with van der Waals surface area (Å²) in [6.07, 6.45) is 2.74. The molecular formula is C24H30N2O4S. The maximum atomic E-state index is 13.2. The Morgan fingerprint density at radius 1 is 1.06 bits per heavy atom. The molecule has 1 aliphatic carbocycles. The largest absolute Gasteiger partial charge is 0.480 e. The molecule has 2 aromatic rings. The third kappa shape index (κ3) is 5.21. The van der Waals surface area contributed by atoms with Gasteiger partial charge in [-0.25, -0.2) is 4.79 Å². The molecule has 2 aromatic carbocycles. The van der Waals surface area contributed by atoms with Crippen LogP contribution in [0.4, 0.5) is 0 Å². The zero-order valence-corrected chi connectivity index (χ0v) is 18.8. The number of rotatable bonds is 8. The number of amides is 2. The number of nitrogens with one attached hydrogen (secondary N) is 2. The molecule has 3 N–H and O–H groups in total. The van der Waals surface area contributed by atoms with E-state index >= 15 is 0 Å². The topological polar surface area (TPSA) is 95.5 Å². The van der Waals surface area contributed by atoms with Crippen molar-refractivity contribution in [2.75, 3.05) is 0 Å². The molecule has 2 atom stereocenters. The van der Waals surface area contributed by atoms with Crippen LogP contribution in [0.5, 0.6) is 0 Å². The van der Waals surface area contributed by atoms with Gasteiger partial charge in [-0.15, -0.1) is 0 Å². The first-order valence-electron chi connectivity index (χ1n) is 10.7. The first-order valence-corrected chi connectivity index (χ1v) is 11.3. The Labute approximate surface area is 188 Å². The second kappa shape index (κ2) is 9.73. The van der Waals surface area contributed by atoms with Gasteiger partial charge in [-0.05, 0) is 35.1 Å². The van der Waals surface area contributed by atoms with Gasteiger partial charge in [0, 0.05) is 6.42 Å². The van der Waals surface area contributed by atoms with Crippen molar-refractivity contribution in [3.8, 4) is 0 Å². The van der Waals surface area contributed by atoms with E-state index in [9.17, 15) is 19.5 Å². The van der Waals surface area contributed by atoms with E-state index in [-0.39, 0.29) is 18.2 Å².